The van der Waals surface area contributed by atoms with Crippen LogP contribution < -0.4 is 0 Å². The highest BCUT2D eigenvalue weighted by molar-refractivity contribution is 9.10. The monoisotopic (exact) mass is 363 g/mol. The van der Waals surface area contributed by atoms with Crippen LogP contribution >= 0.6 is 15.9 Å². The first-order chi connectivity index (χ1) is 9.34. The van der Waals surface area contributed by atoms with Crippen LogP contribution in [0.2, 0.25) is 0 Å². The van der Waals surface area contributed by atoms with E-state index in [1.165, 1.54) is 23.1 Å². The molecule has 1 aliphatic rings. The summed E-state index contributed by atoms with van der Waals surface area (Å²) in [6.45, 7) is 2.18. The first-order valence-corrected chi connectivity index (χ1v) is 8.92. The van der Waals surface area contributed by atoms with Crippen molar-refractivity contribution in [3.05, 3.63) is 34.1 Å². The van der Waals surface area contributed by atoms with E-state index in [1.807, 2.05) is 0 Å². The summed E-state index contributed by atoms with van der Waals surface area (Å²) in [5, 5.41) is 0. The molecule has 1 aromatic carbocycles. The maximum atomic E-state index is 13.3. The van der Waals surface area contributed by atoms with Gasteiger partial charge in [0.25, 0.3) is 5.91 Å². The van der Waals surface area contributed by atoms with Gasteiger partial charge in [-0.05, 0) is 47.5 Å². The molecule has 0 spiro atoms. The smallest absolute Gasteiger partial charge is 0.255 e. The largest absolute Gasteiger partial charge is 0.335 e. The third-order valence-corrected chi connectivity index (χ3v) is 5.85. The van der Waals surface area contributed by atoms with Crippen LogP contribution in [0.25, 0.3) is 0 Å². The zero-order valence-corrected chi connectivity index (χ0v) is 13.4. The number of amides is 1. The summed E-state index contributed by atoms with van der Waals surface area (Å²) >= 11 is 3.23. The minimum atomic E-state index is -3.06. The van der Waals surface area contributed by atoms with Crippen LogP contribution in [0.4, 0.5) is 4.39 Å². The molecule has 1 unspecified atom stereocenters. The molecule has 0 aromatic heterocycles. The lowest BCUT2D eigenvalue weighted by molar-refractivity contribution is 0.0707. The van der Waals surface area contributed by atoms with Gasteiger partial charge in [0.15, 0.2) is 9.84 Å². The van der Waals surface area contributed by atoms with Gasteiger partial charge in [0, 0.05) is 17.1 Å². The maximum Gasteiger partial charge on any atom is 0.255 e. The SMILES string of the molecule is CCN(C(=O)c1cc(F)ccc1Br)C1CCS(=O)(=O)C1. The summed E-state index contributed by atoms with van der Waals surface area (Å²) in [5.41, 5.74) is 0.219. The van der Waals surface area contributed by atoms with Crippen molar-refractivity contribution in [1.29, 1.82) is 0 Å². The summed E-state index contributed by atoms with van der Waals surface area (Å²) in [4.78, 5) is 14.0. The van der Waals surface area contributed by atoms with Crippen LogP contribution in [-0.2, 0) is 9.84 Å². The summed E-state index contributed by atoms with van der Waals surface area (Å²) in [5.74, 6) is -0.752. The van der Waals surface area contributed by atoms with Crippen LogP contribution in [-0.4, -0.2) is 43.3 Å². The van der Waals surface area contributed by atoms with E-state index < -0.39 is 15.7 Å². The molecule has 1 aromatic rings. The quantitative estimate of drug-likeness (QED) is 0.827. The molecule has 0 aliphatic carbocycles. The fraction of sp³-hybridized carbons (Fsp3) is 0.462. The Balaban J connectivity index is 2.28. The molecule has 1 amide bonds. The molecule has 0 radical (unpaired) electrons. The van der Waals surface area contributed by atoms with Crippen molar-refractivity contribution >= 4 is 31.7 Å². The van der Waals surface area contributed by atoms with E-state index in [0.29, 0.717) is 17.4 Å². The van der Waals surface area contributed by atoms with Gasteiger partial charge in [0.2, 0.25) is 0 Å². The van der Waals surface area contributed by atoms with Crippen molar-refractivity contribution in [2.45, 2.75) is 19.4 Å². The number of hydrogen-bond acceptors (Lipinski definition) is 3. The van der Waals surface area contributed by atoms with E-state index in [0.717, 1.165) is 0 Å². The molecule has 0 N–H and O–H groups in total. The lowest BCUT2D eigenvalue weighted by atomic mass is 10.1. The van der Waals surface area contributed by atoms with Crippen molar-refractivity contribution in [2.75, 3.05) is 18.1 Å². The second-order valence-corrected chi connectivity index (χ2v) is 7.86. The third-order valence-electron chi connectivity index (χ3n) is 3.41. The molecule has 0 saturated carbocycles. The molecule has 0 bridgehead atoms. The number of hydrogen-bond donors (Lipinski definition) is 0. The lowest BCUT2D eigenvalue weighted by Crippen LogP contribution is -2.41. The van der Waals surface area contributed by atoms with Crippen LogP contribution in [0.15, 0.2) is 22.7 Å². The van der Waals surface area contributed by atoms with Gasteiger partial charge in [-0.25, -0.2) is 12.8 Å². The van der Waals surface area contributed by atoms with Crippen LogP contribution in [0, 0.1) is 5.82 Å². The van der Waals surface area contributed by atoms with E-state index in [4.69, 9.17) is 0 Å². The van der Waals surface area contributed by atoms with Crippen LogP contribution in [0.3, 0.4) is 0 Å². The normalized spacial score (nSPS) is 20.9. The minimum absolute atomic E-state index is 0.0144. The summed E-state index contributed by atoms with van der Waals surface area (Å²) in [7, 11) is -3.06. The van der Waals surface area contributed by atoms with E-state index in [1.54, 1.807) is 6.92 Å². The Morgan fingerprint density at radius 3 is 2.75 bits per heavy atom. The van der Waals surface area contributed by atoms with Gasteiger partial charge in [-0.3, -0.25) is 4.79 Å². The predicted octanol–water partition coefficient (Wildman–Crippen LogP) is 2.24. The van der Waals surface area contributed by atoms with Gasteiger partial charge in [0.05, 0.1) is 17.1 Å². The van der Waals surface area contributed by atoms with E-state index in [2.05, 4.69) is 15.9 Å². The zero-order valence-electron chi connectivity index (χ0n) is 11.0. The van der Waals surface area contributed by atoms with Gasteiger partial charge in [-0.15, -0.1) is 0 Å². The van der Waals surface area contributed by atoms with Crippen molar-refractivity contribution in [3.8, 4) is 0 Å². The van der Waals surface area contributed by atoms with E-state index in [9.17, 15) is 17.6 Å². The number of benzene rings is 1. The van der Waals surface area contributed by atoms with E-state index >= 15 is 0 Å². The van der Waals surface area contributed by atoms with Crippen LogP contribution in [0.1, 0.15) is 23.7 Å². The molecule has 20 heavy (non-hydrogen) atoms. The summed E-state index contributed by atoms with van der Waals surface area (Å²) in [6, 6.07) is 3.57. The second kappa shape index (κ2) is 5.81. The number of nitrogens with zero attached hydrogens (tertiary/aromatic N) is 1. The Kier molecular flexibility index (Phi) is 4.49. The molecular weight excluding hydrogens is 349 g/mol. The average molecular weight is 364 g/mol. The molecule has 1 atom stereocenters. The lowest BCUT2D eigenvalue weighted by Gasteiger charge is -2.27. The molecular formula is C13H15BrFNO3S. The van der Waals surface area contributed by atoms with Crippen molar-refractivity contribution in [3.63, 3.8) is 0 Å². The predicted molar refractivity (Wildman–Crippen MR) is 77.9 cm³/mol. The minimum Gasteiger partial charge on any atom is -0.335 e. The zero-order chi connectivity index (χ0) is 14.9. The second-order valence-electron chi connectivity index (χ2n) is 4.77. The average Bonchev–Trinajstić information content (AvgIpc) is 2.73. The van der Waals surface area contributed by atoms with Crippen molar-refractivity contribution < 1.29 is 17.6 Å². The Labute approximate surface area is 126 Å². The Morgan fingerprint density at radius 2 is 2.20 bits per heavy atom. The highest BCUT2D eigenvalue weighted by atomic mass is 79.9. The first kappa shape index (κ1) is 15.4. The van der Waals surface area contributed by atoms with Crippen LogP contribution in [0.5, 0.6) is 0 Å². The van der Waals surface area contributed by atoms with E-state index in [-0.39, 0.29) is 29.0 Å². The van der Waals surface area contributed by atoms with Crippen molar-refractivity contribution in [2.24, 2.45) is 0 Å². The molecule has 110 valence electrons. The number of carbonyl (C=O) groups excluding carboxylic acids is 1. The highest BCUT2D eigenvalue weighted by Gasteiger charge is 2.34. The molecule has 1 heterocycles. The Morgan fingerprint density at radius 1 is 1.50 bits per heavy atom. The van der Waals surface area contributed by atoms with Gasteiger partial charge >= 0.3 is 0 Å². The van der Waals surface area contributed by atoms with Gasteiger partial charge < -0.3 is 4.90 Å². The number of sulfone groups is 1. The van der Waals surface area contributed by atoms with Gasteiger partial charge in [-0.1, -0.05) is 0 Å². The number of halogens is 2. The van der Waals surface area contributed by atoms with Crippen molar-refractivity contribution in [1.82, 2.24) is 4.90 Å². The number of carbonyl (C=O) groups is 1. The maximum absolute atomic E-state index is 13.3. The summed E-state index contributed by atoms with van der Waals surface area (Å²) < 4.78 is 36.9. The Hall–Kier alpha value is -0.950. The first-order valence-electron chi connectivity index (χ1n) is 6.30. The Bertz CT molecular complexity index is 633. The molecule has 4 nitrogen and oxygen atoms in total. The molecule has 1 saturated heterocycles. The summed E-state index contributed by atoms with van der Waals surface area (Å²) in [6.07, 6.45) is 0.439. The fourth-order valence-corrected chi connectivity index (χ4v) is 4.55. The molecule has 2 rings (SSSR count). The highest BCUT2D eigenvalue weighted by Crippen LogP contribution is 2.24. The topological polar surface area (TPSA) is 54.5 Å². The van der Waals surface area contributed by atoms with Gasteiger partial charge in [0.1, 0.15) is 5.82 Å². The molecule has 1 aliphatic heterocycles. The number of rotatable bonds is 3. The fourth-order valence-electron chi connectivity index (χ4n) is 2.40. The third kappa shape index (κ3) is 3.20. The van der Waals surface area contributed by atoms with Gasteiger partial charge in [-0.2, -0.15) is 0 Å². The molecule has 1 fully saturated rings. The molecule has 7 heteroatoms. The standard InChI is InChI=1S/C13H15BrFNO3S/c1-2-16(10-5-6-20(18,19)8-10)13(17)11-7-9(15)3-4-12(11)14/h3-4,7,10H,2,5-6,8H2,1H3.